The highest BCUT2D eigenvalue weighted by molar-refractivity contribution is 7.92. The normalized spacial score (nSPS) is 12.2. The van der Waals surface area contributed by atoms with Gasteiger partial charge in [-0.15, -0.1) is 0 Å². The van der Waals surface area contributed by atoms with Crippen LogP contribution in [0.3, 0.4) is 0 Å². The fourth-order valence-electron chi connectivity index (χ4n) is 2.16. The quantitative estimate of drug-likeness (QED) is 0.871. The number of aromatic nitrogens is 2. The lowest BCUT2D eigenvalue weighted by Gasteiger charge is -2.14. The summed E-state index contributed by atoms with van der Waals surface area (Å²) in [5.41, 5.74) is -3.25. The molecule has 0 spiro atoms. The molecule has 0 aliphatic carbocycles. The van der Waals surface area contributed by atoms with E-state index in [2.05, 4.69) is 0 Å². The zero-order valence-electron chi connectivity index (χ0n) is 13.4. The Morgan fingerprint density at radius 1 is 1.12 bits per heavy atom. The van der Waals surface area contributed by atoms with E-state index in [0.717, 1.165) is 29.9 Å². The maximum Gasteiger partial charge on any atom is 0.416 e. The molecule has 0 radical (unpaired) electrons. The van der Waals surface area contributed by atoms with Gasteiger partial charge in [-0.2, -0.15) is 13.2 Å². The molecular weight excluding hydrogens is 363 g/mol. The van der Waals surface area contributed by atoms with E-state index in [9.17, 15) is 31.2 Å². The Hall–Kier alpha value is -2.56. The van der Waals surface area contributed by atoms with Crippen molar-refractivity contribution in [2.45, 2.75) is 18.0 Å². The fourth-order valence-corrected chi connectivity index (χ4v) is 3.37. The molecule has 1 aromatic carbocycles. The molecule has 1 aromatic heterocycles. The van der Waals surface area contributed by atoms with Crippen LogP contribution in [0.5, 0.6) is 0 Å². The second kappa shape index (κ2) is 6.06. The Morgan fingerprint density at radius 3 is 2.28 bits per heavy atom. The van der Waals surface area contributed by atoms with Crippen LogP contribution in [0.25, 0.3) is 0 Å². The van der Waals surface area contributed by atoms with Gasteiger partial charge in [0.05, 0.1) is 5.56 Å². The molecule has 2 rings (SSSR count). The average Bonchev–Trinajstić information content (AvgIpc) is 2.49. The number of nitrogens with zero attached hydrogens (tertiary/aromatic N) is 2. The van der Waals surface area contributed by atoms with E-state index in [1.54, 1.807) is 0 Å². The lowest BCUT2D eigenvalue weighted by atomic mass is 10.1. The van der Waals surface area contributed by atoms with Gasteiger partial charge in [0.1, 0.15) is 0 Å². The summed E-state index contributed by atoms with van der Waals surface area (Å²) in [4.78, 5) is 22.9. The Labute approximate surface area is 140 Å². The van der Waals surface area contributed by atoms with Gasteiger partial charge in [0.25, 0.3) is 15.6 Å². The summed E-state index contributed by atoms with van der Waals surface area (Å²) in [7, 11) is -2.15. The van der Waals surface area contributed by atoms with E-state index in [1.807, 2.05) is 4.72 Å². The van der Waals surface area contributed by atoms with Crippen LogP contribution >= 0.6 is 0 Å². The minimum absolute atomic E-state index is 0.0755. The lowest BCUT2D eigenvalue weighted by Crippen LogP contribution is -2.40. The molecule has 0 aliphatic heterocycles. The van der Waals surface area contributed by atoms with Crippen molar-refractivity contribution in [3.63, 3.8) is 0 Å². The molecule has 2 aromatic rings. The predicted molar refractivity (Wildman–Crippen MR) is 83.9 cm³/mol. The molecule has 11 heteroatoms. The third-order valence-electron chi connectivity index (χ3n) is 3.50. The summed E-state index contributed by atoms with van der Waals surface area (Å²) >= 11 is 0. The van der Waals surface area contributed by atoms with E-state index in [0.29, 0.717) is 10.6 Å². The third kappa shape index (κ3) is 3.60. The monoisotopic (exact) mass is 377 g/mol. The van der Waals surface area contributed by atoms with Crippen LogP contribution in [0.15, 0.2) is 38.9 Å². The van der Waals surface area contributed by atoms with Crippen LogP contribution < -0.4 is 16.0 Å². The Morgan fingerprint density at radius 2 is 1.72 bits per heavy atom. The van der Waals surface area contributed by atoms with Crippen molar-refractivity contribution >= 4 is 15.7 Å². The average molecular weight is 377 g/mol. The molecule has 0 saturated carbocycles. The summed E-state index contributed by atoms with van der Waals surface area (Å²) in [6.45, 7) is 1.24. The first kappa shape index (κ1) is 18.8. The van der Waals surface area contributed by atoms with Crippen LogP contribution in [0.1, 0.15) is 11.1 Å². The molecule has 136 valence electrons. The zero-order valence-corrected chi connectivity index (χ0v) is 14.2. The number of hydrogen-bond acceptors (Lipinski definition) is 4. The van der Waals surface area contributed by atoms with Crippen molar-refractivity contribution in [2.24, 2.45) is 14.1 Å². The molecule has 0 atom stereocenters. The number of rotatable bonds is 3. The zero-order chi connectivity index (χ0) is 19.2. The maximum atomic E-state index is 12.9. The number of benzene rings is 1. The van der Waals surface area contributed by atoms with Crippen molar-refractivity contribution in [3.05, 3.63) is 56.4 Å². The number of alkyl halides is 3. The van der Waals surface area contributed by atoms with Crippen LogP contribution in [-0.4, -0.2) is 17.6 Å². The molecule has 0 aliphatic rings. The van der Waals surface area contributed by atoms with Gasteiger partial charge in [0.2, 0.25) is 0 Å². The Bertz CT molecular complexity index is 1050. The number of nitrogens with one attached hydrogen (secondary N) is 1. The Kier molecular flexibility index (Phi) is 4.55. The summed E-state index contributed by atoms with van der Waals surface area (Å²) in [5.74, 6) is 0. The van der Waals surface area contributed by atoms with Crippen molar-refractivity contribution < 1.29 is 21.6 Å². The van der Waals surface area contributed by atoms with Gasteiger partial charge in [0.15, 0.2) is 4.90 Å². The largest absolute Gasteiger partial charge is 0.416 e. The molecular formula is C14H14F3N3O4S. The van der Waals surface area contributed by atoms with Gasteiger partial charge in [-0.1, -0.05) is 6.07 Å². The molecule has 25 heavy (non-hydrogen) atoms. The number of halogens is 3. The second-order valence-electron chi connectivity index (χ2n) is 5.38. The highest BCUT2D eigenvalue weighted by Gasteiger charge is 2.33. The number of anilines is 1. The Balaban J connectivity index is 2.55. The van der Waals surface area contributed by atoms with Gasteiger partial charge in [-0.3, -0.25) is 14.1 Å². The molecule has 1 heterocycles. The van der Waals surface area contributed by atoms with Gasteiger partial charge in [0, 0.05) is 26.0 Å². The second-order valence-corrected chi connectivity index (χ2v) is 7.03. The molecule has 0 saturated heterocycles. The standard InChI is InChI=1S/C14H14F3N3O4S/c1-8-4-5-9(6-10(8)14(15,16)17)18-25(23,24)11-7-19(2)13(22)20(3)12(11)21/h4-7,18H,1-3H3. The summed E-state index contributed by atoms with van der Waals surface area (Å²) in [5, 5.41) is 0. The van der Waals surface area contributed by atoms with Crippen LogP contribution in [0.2, 0.25) is 0 Å². The fraction of sp³-hybridized carbons (Fsp3) is 0.286. The van der Waals surface area contributed by atoms with Gasteiger partial charge < -0.3 is 4.57 Å². The summed E-state index contributed by atoms with van der Waals surface area (Å²) in [6.07, 6.45) is -3.84. The van der Waals surface area contributed by atoms with Crippen LogP contribution in [0.4, 0.5) is 18.9 Å². The first-order chi connectivity index (χ1) is 11.3. The van der Waals surface area contributed by atoms with Crippen molar-refractivity contribution in [3.8, 4) is 0 Å². The topological polar surface area (TPSA) is 90.2 Å². The van der Waals surface area contributed by atoms with Crippen LogP contribution in [0, 0.1) is 6.92 Å². The molecule has 0 fully saturated rings. The number of sulfonamides is 1. The smallest absolute Gasteiger partial charge is 0.302 e. The van der Waals surface area contributed by atoms with E-state index >= 15 is 0 Å². The predicted octanol–water partition coefficient (Wildman–Crippen LogP) is 1.21. The number of aryl methyl sites for hydroxylation is 2. The highest BCUT2D eigenvalue weighted by Crippen LogP contribution is 2.33. The summed E-state index contributed by atoms with van der Waals surface area (Å²) in [6, 6.07) is 2.90. The highest BCUT2D eigenvalue weighted by atomic mass is 32.2. The minimum atomic E-state index is -4.65. The third-order valence-corrected chi connectivity index (χ3v) is 4.86. The van der Waals surface area contributed by atoms with E-state index in [-0.39, 0.29) is 11.3 Å². The van der Waals surface area contributed by atoms with Crippen LogP contribution in [-0.2, 0) is 30.3 Å². The molecule has 0 unspecified atom stereocenters. The van der Waals surface area contributed by atoms with Gasteiger partial charge in [-0.05, 0) is 24.6 Å². The maximum absolute atomic E-state index is 12.9. The van der Waals surface area contributed by atoms with E-state index in [1.165, 1.54) is 14.0 Å². The first-order valence-electron chi connectivity index (χ1n) is 6.82. The van der Waals surface area contributed by atoms with E-state index in [4.69, 9.17) is 0 Å². The minimum Gasteiger partial charge on any atom is -0.302 e. The van der Waals surface area contributed by atoms with Crippen molar-refractivity contribution in [1.29, 1.82) is 0 Å². The van der Waals surface area contributed by atoms with Gasteiger partial charge in [-0.25, -0.2) is 13.2 Å². The molecule has 1 N–H and O–H groups in total. The molecule has 7 nitrogen and oxygen atoms in total. The first-order valence-corrected chi connectivity index (χ1v) is 8.30. The van der Waals surface area contributed by atoms with Crippen molar-refractivity contribution in [1.82, 2.24) is 9.13 Å². The molecule has 0 amide bonds. The lowest BCUT2D eigenvalue weighted by molar-refractivity contribution is -0.138. The molecule has 0 bridgehead atoms. The van der Waals surface area contributed by atoms with E-state index < -0.39 is 37.9 Å². The SMILES string of the molecule is Cc1ccc(NS(=O)(=O)c2cn(C)c(=O)n(C)c2=O)cc1C(F)(F)F. The number of hydrogen-bond donors (Lipinski definition) is 1. The van der Waals surface area contributed by atoms with Gasteiger partial charge >= 0.3 is 11.9 Å². The summed E-state index contributed by atoms with van der Waals surface area (Å²) < 4.78 is 66.9. The van der Waals surface area contributed by atoms with Crippen molar-refractivity contribution in [2.75, 3.05) is 4.72 Å².